The van der Waals surface area contributed by atoms with Gasteiger partial charge in [0, 0.05) is 18.8 Å². The van der Waals surface area contributed by atoms with Crippen molar-refractivity contribution in [3.05, 3.63) is 82.7 Å². The summed E-state index contributed by atoms with van der Waals surface area (Å²) in [6.45, 7) is 0. The third-order valence-electron chi connectivity index (χ3n) is 4.71. The van der Waals surface area contributed by atoms with Crippen LogP contribution in [0, 0.1) is 11.6 Å². The molecule has 1 saturated carbocycles. The van der Waals surface area contributed by atoms with Crippen LogP contribution in [0.25, 0.3) is 11.4 Å². The molecule has 1 fully saturated rings. The Morgan fingerprint density at radius 2 is 1.85 bits per heavy atom. The number of carbonyl (C=O) groups is 1. The van der Waals surface area contributed by atoms with Crippen molar-refractivity contribution in [2.45, 2.75) is 25.2 Å². The van der Waals surface area contributed by atoms with Crippen LogP contribution >= 0.6 is 0 Å². The minimum absolute atomic E-state index is 0.0124. The Labute approximate surface area is 154 Å². The quantitative estimate of drug-likeness (QED) is 0.717. The fourth-order valence-electron chi connectivity index (χ4n) is 3.10. The van der Waals surface area contributed by atoms with Gasteiger partial charge in [0.15, 0.2) is 17.5 Å². The summed E-state index contributed by atoms with van der Waals surface area (Å²) in [6, 6.07) is 9.38. The molecular formula is C21H16F2N2O2. The van der Waals surface area contributed by atoms with E-state index in [9.17, 15) is 18.7 Å². The number of aromatic carboxylic acids is 1. The minimum atomic E-state index is -0.992. The van der Waals surface area contributed by atoms with E-state index in [1.165, 1.54) is 24.5 Å². The number of aromatic nitrogens is 2. The molecule has 6 heteroatoms. The molecule has 0 radical (unpaired) electrons. The van der Waals surface area contributed by atoms with Crippen molar-refractivity contribution in [1.29, 1.82) is 0 Å². The monoisotopic (exact) mass is 366 g/mol. The lowest BCUT2D eigenvalue weighted by atomic mass is 9.97. The third kappa shape index (κ3) is 3.56. The molecule has 1 aliphatic rings. The highest BCUT2D eigenvalue weighted by molar-refractivity contribution is 5.89. The fraction of sp³-hybridized carbons (Fsp3) is 0.190. The standard InChI is InChI=1S/C21H16F2N2O2/c22-18-3-1-2-16(19(18)23)20-24-10-12(11-25-20)8-15-7-6-14(13-4-5-13)9-17(15)21(26)27/h1-3,6-7,9-11,13H,4-5,8H2,(H,26,27). The molecule has 4 rings (SSSR count). The molecule has 1 heterocycles. The van der Waals surface area contributed by atoms with Crippen LogP contribution < -0.4 is 0 Å². The second-order valence-corrected chi connectivity index (χ2v) is 6.69. The van der Waals surface area contributed by atoms with Crippen molar-refractivity contribution < 1.29 is 18.7 Å². The zero-order valence-electron chi connectivity index (χ0n) is 14.3. The summed E-state index contributed by atoms with van der Waals surface area (Å²) in [5, 5.41) is 9.51. The second kappa shape index (κ2) is 6.87. The number of nitrogens with zero attached hydrogens (tertiary/aromatic N) is 2. The topological polar surface area (TPSA) is 63.1 Å². The lowest BCUT2D eigenvalue weighted by molar-refractivity contribution is 0.0695. The first kappa shape index (κ1) is 17.3. The summed E-state index contributed by atoms with van der Waals surface area (Å²) in [5.74, 6) is -2.36. The highest BCUT2D eigenvalue weighted by Gasteiger charge is 2.25. The molecule has 27 heavy (non-hydrogen) atoms. The van der Waals surface area contributed by atoms with Gasteiger partial charge in [-0.15, -0.1) is 0 Å². The number of hydrogen-bond donors (Lipinski definition) is 1. The van der Waals surface area contributed by atoms with Crippen LogP contribution in [-0.4, -0.2) is 21.0 Å². The first-order valence-electron chi connectivity index (χ1n) is 8.64. The number of halogens is 2. The first-order chi connectivity index (χ1) is 13.0. The third-order valence-corrected chi connectivity index (χ3v) is 4.71. The normalized spacial score (nSPS) is 13.6. The summed E-state index contributed by atoms with van der Waals surface area (Å²) in [6.07, 6.45) is 5.56. The lowest BCUT2D eigenvalue weighted by Crippen LogP contribution is -2.05. The van der Waals surface area contributed by atoms with Crippen LogP contribution in [0.4, 0.5) is 8.78 Å². The molecule has 2 aromatic carbocycles. The van der Waals surface area contributed by atoms with Gasteiger partial charge in [-0.1, -0.05) is 18.2 Å². The molecule has 0 bridgehead atoms. The van der Waals surface area contributed by atoms with Crippen LogP contribution in [0.1, 0.15) is 45.8 Å². The Bertz CT molecular complexity index is 1020. The number of benzene rings is 2. The van der Waals surface area contributed by atoms with Gasteiger partial charge in [0.25, 0.3) is 0 Å². The molecule has 0 unspecified atom stereocenters. The van der Waals surface area contributed by atoms with E-state index < -0.39 is 17.6 Å². The summed E-state index contributed by atoms with van der Waals surface area (Å²) in [4.78, 5) is 19.8. The predicted octanol–water partition coefficient (Wildman–Crippen LogP) is 4.59. The maximum atomic E-state index is 13.9. The summed E-state index contributed by atoms with van der Waals surface area (Å²) < 4.78 is 27.2. The summed E-state index contributed by atoms with van der Waals surface area (Å²) in [7, 11) is 0. The van der Waals surface area contributed by atoms with Crippen molar-refractivity contribution in [2.75, 3.05) is 0 Å². The van der Waals surface area contributed by atoms with Crippen LogP contribution in [0.2, 0.25) is 0 Å². The van der Waals surface area contributed by atoms with E-state index in [0.717, 1.165) is 24.5 Å². The summed E-state index contributed by atoms with van der Waals surface area (Å²) in [5.41, 5.74) is 2.68. The van der Waals surface area contributed by atoms with E-state index in [2.05, 4.69) is 9.97 Å². The molecule has 3 aromatic rings. The van der Waals surface area contributed by atoms with Crippen molar-refractivity contribution >= 4 is 5.97 Å². The minimum Gasteiger partial charge on any atom is -0.478 e. The average Bonchev–Trinajstić information content (AvgIpc) is 3.50. The van der Waals surface area contributed by atoms with Crippen molar-refractivity contribution in [2.24, 2.45) is 0 Å². The van der Waals surface area contributed by atoms with Crippen molar-refractivity contribution in [3.8, 4) is 11.4 Å². The van der Waals surface area contributed by atoms with Gasteiger partial charge >= 0.3 is 5.97 Å². The fourth-order valence-corrected chi connectivity index (χ4v) is 3.10. The van der Waals surface area contributed by atoms with Crippen LogP contribution in [0.3, 0.4) is 0 Å². The first-order valence-corrected chi connectivity index (χ1v) is 8.64. The lowest BCUT2D eigenvalue weighted by Gasteiger charge is -2.09. The number of rotatable bonds is 5. The molecule has 0 amide bonds. The van der Waals surface area contributed by atoms with Gasteiger partial charge in [-0.05, 0) is 53.6 Å². The highest BCUT2D eigenvalue weighted by atomic mass is 19.2. The molecule has 4 nitrogen and oxygen atoms in total. The van der Waals surface area contributed by atoms with E-state index >= 15 is 0 Å². The van der Waals surface area contributed by atoms with Gasteiger partial charge in [0.1, 0.15) is 0 Å². The van der Waals surface area contributed by atoms with E-state index in [0.29, 0.717) is 23.5 Å². The van der Waals surface area contributed by atoms with Crippen LogP contribution in [0.5, 0.6) is 0 Å². The Balaban J connectivity index is 1.60. The van der Waals surface area contributed by atoms with Gasteiger partial charge in [-0.3, -0.25) is 0 Å². The van der Waals surface area contributed by atoms with Crippen LogP contribution in [-0.2, 0) is 6.42 Å². The highest BCUT2D eigenvalue weighted by Crippen LogP contribution is 2.40. The van der Waals surface area contributed by atoms with Crippen molar-refractivity contribution in [1.82, 2.24) is 9.97 Å². The number of carboxylic acids is 1. The second-order valence-electron chi connectivity index (χ2n) is 6.69. The Hall–Kier alpha value is -3.15. The van der Waals surface area contributed by atoms with E-state index in [-0.39, 0.29) is 17.0 Å². The van der Waals surface area contributed by atoms with Crippen molar-refractivity contribution in [3.63, 3.8) is 0 Å². The molecular weight excluding hydrogens is 350 g/mol. The smallest absolute Gasteiger partial charge is 0.335 e. The summed E-state index contributed by atoms with van der Waals surface area (Å²) >= 11 is 0. The SMILES string of the molecule is O=C(O)c1cc(C2CC2)ccc1Cc1cnc(-c2cccc(F)c2F)nc1. The molecule has 136 valence electrons. The number of hydrogen-bond acceptors (Lipinski definition) is 3. The van der Waals surface area contributed by atoms with Gasteiger partial charge in [-0.25, -0.2) is 23.5 Å². The molecule has 1 aromatic heterocycles. The number of carboxylic acid groups (broad SMARTS) is 1. The maximum Gasteiger partial charge on any atom is 0.335 e. The van der Waals surface area contributed by atoms with E-state index in [1.54, 1.807) is 6.07 Å². The maximum absolute atomic E-state index is 13.9. The van der Waals surface area contributed by atoms with Gasteiger partial charge in [0.2, 0.25) is 0 Å². The molecule has 0 aliphatic heterocycles. The van der Waals surface area contributed by atoms with Gasteiger partial charge in [-0.2, -0.15) is 0 Å². The van der Waals surface area contributed by atoms with Crippen LogP contribution in [0.15, 0.2) is 48.8 Å². The molecule has 1 aliphatic carbocycles. The Kier molecular flexibility index (Phi) is 4.39. The molecule has 0 saturated heterocycles. The van der Waals surface area contributed by atoms with E-state index in [1.807, 2.05) is 12.1 Å². The average molecular weight is 366 g/mol. The largest absolute Gasteiger partial charge is 0.478 e. The zero-order valence-corrected chi connectivity index (χ0v) is 14.3. The van der Waals surface area contributed by atoms with Gasteiger partial charge < -0.3 is 5.11 Å². The van der Waals surface area contributed by atoms with E-state index in [4.69, 9.17) is 0 Å². The molecule has 0 atom stereocenters. The molecule has 0 spiro atoms. The molecule has 1 N–H and O–H groups in total. The zero-order chi connectivity index (χ0) is 19.0. The Morgan fingerprint density at radius 1 is 1.11 bits per heavy atom. The predicted molar refractivity (Wildman–Crippen MR) is 95.6 cm³/mol. The van der Waals surface area contributed by atoms with Gasteiger partial charge in [0.05, 0.1) is 11.1 Å². The Morgan fingerprint density at radius 3 is 2.52 bits per heavy atom.